The summed E-state index contributed by atoms with van der Waals surface area (Å²) in [6.45, 7) is 4.07. The van der Waals surface area contributed by atoms with E-state index in [1.165, 1.54) is 0 Å². The highest BCUT2D eigenvalue weighted by atomic mass is 17.2. The van der Waals surface area contributed by atoms with Crippen molar-refractivity contribution < 1.29 is 43.8 Å². The third-order valence-corrected chi connectivity index (χ3v) is 3.02. The lowest BCUT2D eigenvalue weighted by Gasteiger charge is -2.34. The van der Waals surface area contributed by atoms with Crippen LogP contribution in [0.4, 0.5) is 5.69 Å². The largest absolute Gasteiger partial charge is 0.418 e. The number of rotatable bonds is 8. The van der Waals surface area contributed by atoms with E-state index in [0.717, 1.165) is 27.7 Å². The van der Waals surface area contributed by atoms with Crippen LogP contribution >= 0.6 is 0 Å². The van der Waals surface area contributed by atoms with Gasteiger partial charge in [0.2, 0.25) is 0 Å². The number of carbonyl (C=O) groups is 3. The maximum atomic E-state index is 11.6. The summed E-state index contributed by atoms with van der Waals surface area (Å²) in [7, 11) is 0. The van der Waals surface area contributed by atoms with E-state index in [-0.39, 0.29) is 0 Å². The fourth-order valence-corrected chi connectivity index (χ4v) is 1.92. The first-order valence-electron chi connectivity index (χ1n) is 8.08. The second-order valence-electron chi connectivity index (χ2n) is 5.59. The molecule has 0 aliphatic rings. The zero-order valence-electron chi connectivity index (χ0n) is 15.7. The highest BCUT2D eigenvalue weighted by Gasteiger charge is 2.55. The zero-order valence-corrected chi connectivity index (χ0v) is 15.7. The van der Waals surface area contributed by atoms with E-state index >= 15 is 0 Å². The number of hydrogen-bond donors (Lipinski definition) is 3. The number of esters is 2. The maximum Gasteiger partial charge on any atom is 0.360 e. The molecule has 0 heterocycles. The highest BCUT2D eigenvalue weighted by Crippen LogP contribution is 2.26. The predicted octanol–water partition coefficient (Wildman–Crippen LogP) is 0.471. The number of carbonyl (C=O) groups excluding carboxylic acids is 3. The Balaban J connectivity index is 3.49. The number of nitrogens with one attached hydrogen (secondary N) is 1. The summed E-state index contributed by atoms with van der Waals surface area (Å²) in [6, 6.07) is 8.33. The molecule has 0 spiro atoms. The zero-order chi connectivity index (χ0) is 21.3. The van der Waals surface area contributed by atoms with Crippen molar-refractivity contribution in [3.05, 3.63) is 30.3 Å². The Kier molecular flexibility index (Phi) is 8.51. The van der Waals surface area contributed by atoms with E-state index in [1.54, 1.807) is 30.3 Å². The van der Waals surface area contributed by atoms with E-state index in [1.807, 2.05) is 0 Å². The van der Waals surface area contributed by atoms with Gasteiger partial charge in [0.15, 0.2) is 6.10 Å². The summed E-state index contributed by atoms with van der Waals surface area (Å²) < 4.78 is 9.89. The Hall–Kier alpha value is -3.02. The summed E-state index contributed by atoms with van der Waals surface area (Å²) in [4.78, 5) is 43.6. The van der Waals surface area contributed by atoms with Gasteiger partial charge in [0.05, 0.1) is 11.8 Å². The number of aliphatic hydroxyl groups is 2. The minimum Gasteiger partial charge on any atom is -0.418 e. The lowest BCUT2D eigenvalue weighted by Crippen LogP contribution is -2.60. The fraction of sp³-hybridized carbons (Fsp3) is 0.412. The van der Waals surface area contributed by atoms with Crippen molar-refractivity contribution >= 4 is 29.5 Å². The molecule has 0 aromatic heterocycles. The maximum absolute atomic E-state index is 11.6. The van der Waals surface area contributed by atoms with Crippen LogP contribution in [0.3, 0.4) is 0 Å². The van der Waals surface area contributed by atoms with Crippen molar-refractivity contribution in [1.29, 1.82) is 0 Å². The summed E-state index contributed by atoms with van der Waals surface area (Å²) in [5.74, 6) is -6.53. The van der Waals surface area contributed by atoms with Gasteiger partial charge in [-0.3, -0.25) is 19.9 Å². The van der Waals surface area contributed by atoms with Gasteiger partial charge < -0.3 is 19.7 Å². The molecule has 0 bridgehead atoms. The predicted molar refractivity (Wildman–Crippen MR) is 94.3 cm³/mol. The molecule has 1 aromatic carbocycles. The second-order valence-corrected chi connectivity index (χ2v) is 5.59. The number of benzene rings is 1. The first-order chi connectivity index (χ1) is 13.1. The number of nitrogens with zero attached hydrogens (tertiary/aromatic N) is 1. The number of para-hydroxylation sites is 1. The molecule has 0 aliphatic heterocycles. The summed E-state index contributed by atoms with van der Waals surface area (Å²) >= 11 is 0. The van der Waals surface area contributed by atoms with Crippen LogP contribution in [-0.2, 0) is 33.6 Å². The first kappa shape index (κ1) is 23.0. The number of ether oxygens (including phenoxy) is 2. The van der Waals surface area contributed by atoms with Crippen LogP contribution in [0, 0.1) is 0 Å². The van der Waals surface area contributed by atoms with Crippen molar-refractivity contribution in [3.8, 4) is 0 Å². The van der Waals surface area contributed by atoms with Crippen LogP contribution < -0.4 is 5.43 Å². The Bertz CT molecular complexity index is 721. The lowest BCUT2D eigenvalue weighted by molar-refractivity contribution is -0.394. The van der Waals surface area contributed by atoms with Crippen LogP contribution in [-0.4, -0.2) is 52.0 Å². The van der Waals surface area contributed by atoms with Crippen molar-refractivity contribution in [3.63, 3.8) is 0 Å². The molecule has 0 radical (unpaired) electrons. The summed E-state index contributed by atoms with van der Waals surface area (Å²) in [6.07, 6.45) is -3.65. The van der Waals surface area contributed by atoms with Crippen LogP contribution in [0.5, 0.6) is 0 Å². The fourth-order valence-electron chi connectivity index (χ4n) is 1.92. The Morgan fingerprint density at radius 1 is 1.04 bits per heavy atom. The van der Waals surface area contributed by atoms with Crippen molar-refractivity contribution in [2.45, 2.75) is 45.7 Å². The molecule has 1 aromatic rings. The highest BCUT2D eigenvalue weighted by molar-refractivity contribution is 5.94. The van der Waals surface area contributed by atoms with Gasteiger partial charge in [-0.05, 0) is 19.1 Å². The number of anilines is 1. The van der Waals surface area contributed by atoms with E-state index in [9.17, 15) is 24.6 Å². The average molecular weight is 398 g/mol. The molecule has 3 N–H and O–H groups in total. The Morgan fingerprint density at radius 3 is 2.11 bits per heavy atom. The average Bonchev–Trinajstić information content (AvgIpc) is 2.61. The molecule has 1 rings (SSSR count). The smallest absolute Gasteiger partial charge is 0.360 e. The van der Waals surface area contributed by atoms with E-state index in [0.29, 0.717) is 5.69 Å². The number of hydrazone groups is 1. The monoisotopic (exact) mass is 398 g/mol. The van der Waals surface area contributed by atoms with E-state index < -0.39 is 41.8 Å². The number of aliphatic hydroxyl groups excluding tert-OH is 2. The topological polar surface area (TPSA) is 153 Å². The molecule has 28 heavy (non-hydrogen) atoms. The molecule has 11 nitrogen and oxygen atoms in total. The van der Waals surface area contributed by atoms with Gasteiger partial charge in [0, 0.05) is 20.8 Å². The molecule has 11 heteroatoms. The standard InChI is InChI=1S/C17H22N2O9/c1-10(20)15(24)17(26-12(3)22,28-27-13(4)23)16(25-11(2)21)19-18-14-8-6-5-7-9-14/h5-10,15,18,20,24H,1-4H3/t10-,15-,17-/m0/s1. The lowest BCUT2D eigenvalue weighted by atomic mass is 10.0. The molecule has 154 valence electrons. The minimum atomic E-state index is -2.78. The molecule has 3 atom stereocenters. The number of hydrogen-bond acceptors (Lipinski definition) is 11. The molecule has 0 aliphatic carbocycles. The van der Waals surface area contributed by atoms with E-state index in [2.05, 4.69) is 15.4 Å². The quantitative estimate of drug-likeness (QED) is 0.141. The van der Waals surface area contributed by atoms with Crippen LogP contribution in [0.1, 0.15) is 27.7 Å². The summed E-state index contributed by atoms with van der Waals surface area (Å²) in [5, 5.41) is 24.1. The van der Waals surface area contributed by atoms with Gasteiger partial charge in [0.1, 0.15) is 0 Å². The van der Waals surface area contributed by atoms with Gasteiger partial charge in [-0.15, -0.1) is 9.99 Å². The normalized spacial score (nSPS) is 15.6. The molecule has 0 unspecified atom stereocenters. The van der Waals surface area contributed by atoms with Crippen LogP contribution in [0.15, 0.2) is 35.4 Å². The molecule has 0 amide bonds. The van der Waals surface area contributed by atoms with Gasteiger partial charge in [-0.2, -0.15) is 0 Å². The Labute approximate surface area is 160 Å². The van der Waals surface area contributed by atoms with Crippen LogP contribution in [0.2, 0.25) is 0 Å². The van der Waals surface area contributed by atoms with Crippen molar-refractivity contribution in [2.75, 3.05) is 5.43 Å². The Morgan fingerprint density at radius 2 is 1.64 bits per heavy atom. The van der Waals surface area contributed by atoms with Gasteiger partial charge in [-0.25, -0.2) is 4.79 Å². The van der Waals surface area contributed by atoms with Crippen LogP contribution in [0.25, 0.3) is 0 Å². The molecule has 0 saturated heterocycles. The minimum absolute atomic E-state index is 0.433. The van der Waals surface area contributed by atoms with Crippen molar-refractivity contribution in [1.82, 2.24) is 0 Å². The van der Waals surface area contributed by atoms with Crippen molar-refractivity contribution in [2.24, 2.45) is 5.10 Å². The molecular formula is C17H22N2O9. The summed E-state index contributed by atoms with van der Waals surface area (Å²) in [5.41, 5.74) is 2.95. The molecular weight excluding hydrogens is 376 g/mol. The van der Waals surface area contributed by atoms with Gasteiger partial charge >= 0.3 is 23.7 Å². The van der Waals surface area contributed by atoms with E-state index in [4.69, 9.17) is 14.4 Å². The third-order valence-electron chi connectivity index (χ3n) is 3.02. The molecule has 0 saturated carbocycles. The molecule has 0 fully saturated rings. The first-order valence-corrected chi connectivity index (χ1v) is 8.08. The van der Waals surface area contributed by atoms with Gasteiger partial charge in [0.25, 0.3) is 5.90 Å². The second kappa shape index (κ2) is 10.3. The SMILES string of the molecule is CC(=O)OO[C@](OC(C)=O)(C(=NNc1ccccc1)OC(C)=O)[C@@H](O)[C@H](C)O. The third kappa shape index (κ3) is 6.61. The van der Waals surface area contributed by atoms with Gasteiger partial charge in [-0.1, -0.05) is 18.2 Å².